The van der Waals surface area contributed by atoms with E-state index in [-0.39, 0.29) is 17.2 Å². The second-order valence-electron chi connectivity index (χ2n) is 5.69. The lowest BCUT2D eigenvalue weighted by atomic mass is 10.2. The molecule has 0 aliphatic rings. The molecule has 126 valence electrons. The number of thiophene rings is 1. The second-order valence-corrected chi connectivity index (χ2v) is 6.69. The van der Waals surface area contributed by atoms with E-state index in [9.17, 15) is 14.4 Å². The van der Waals surface area contributed by atoms with Crippen LogP contribution in [0.5, 0.6) is 0 Å². The van der Waals surface area contributed by atoms with Crippen LogP contribution in [0.1, 0.15) is 15.2 Å². The predicted octanol–water partition coefficient (Wildman–Crippen LogP) is 1.73. The fourth-order valence-electron chi connectivity index (χ4n) is 2.72. The quantitative estimate of drug-likeness (QED) is 0.508. The summed E-state index contributed by atoms with van der Waals surface area (Å²) >= 11 is 1.18. The van der Waals surface area contributed by atoms with E-state index in [0.717, 1.165) is 0 Å². The zero-order chi connectivity index (χ0) is 17.7. The van der Waals surface area contributed by atoms with Gasteiger partial charge in [-0.15, -0.1) is 11.3 Å². The van der Waals surface area contributed by atoms with Crippen molar-refractivity contribution in [3.05, 3.63) is 55.8 Å². The van der Waals surface area contributed by atoms with E-state index in [1.165, 1.54) is 22.2 Å². The molecule has 0 atom stereocenters. The number of aromatic nitrogens is 4. The van der Waals surface area contributed by atoms with E-state index in [0.29, 0.717) is 37.4 Å². The number of amides is 1. The molecule has 0 bridgehead atoms. The van der Waals surface area contributed by atoms with E-state index in [1.54, 1.807) is 32.2 Å². The maximum Gasteiger partial charge on any atom is 0.323 e. The number of anilines is 1. The smallest absolute Gasteiger partial charge is 0.321 e. The molecular weight excluding hydrogens is 342 g/mol. The van der Waals surface area contributed by atoms with Crippen molar-refractivity contribution in [2.45, 2.75) is 6.92 Å². The van der Waals surface area contributed by atoms with Crippen LogP contribution in [0.2, 0.25) is 0 Å². The van der Waals surface area contributed by atoms with Gasteiger partial charge in [0.2, 0.25) is 0 Å². The molecule has 1 aromatic carbocycles. The topological polar surface area (TPSA) is 113 Å². The minimum Gasteiger partial charge on any atom is -0.321 e. The Bertz CT molecular complexity index is 1260. The molecule has 8 nitrogen and oxygen atoms in total. The first kappa shape index (κ1) is 15.3. The highest BCUT2D eigenvalue weighted by Gasteiger charge is 2.19. The first-order valence-electron chi connectivity index (χ1n) is 7.42. The van der Waals surface area contributed by atoms with Crippen molar-refractivity contribution in [1.29, 1.82) is 0 Å². The van der Waals surface area contributed by atoms with Crippen LogP contribution >= 0.6 is 11.3 Å². The third-order valence-electron chi connectivity index (χ3n) is 3.99. The zero-order valence-electron chi connectivity index (χ0n) is 13.3. The number of carbonyl (C=O) groups excluding carboxylic acids is 1. The molecule has 25 heavy (non-hydrogen) atoms. The Morgan fingerprint density at radius 2 is 2.00 bits per heavy atom. The van der Waals surface area contributed by atoms with Gasteiger partial charge in [-0.2, -0.15) is 0 Å². The van der Waals surface area contributed by atoms with Gasteiger partial charge in [0.15, 0.2) is 0 Å². The van der Waals surface area contributed by atoms with Crippen molar-refractivity contribution >= 4 is 44.2 Å². The molecule has 3 aromatic heterocycles. The van der Waals surface area contributed by atoms with Crippen molar-refractivity contribution in [2.24, 2.45) is 7.05 Å². The number of aryl methyl sites for hydroxylation is 2. The average molecular weight is 355 g/mol. The first-order chi connectivity index (χ1) is 11.9. The van der Waals surface area contributed by atoms with Crippen LogP contribution in [-0.2, 0) is 7.05 Å². The molecule has 3 N–H and O–H groups in total. The van der Waals surface area contributed by atoms with Crippen molar-refractivity contribution in [3.8, 4) is 0 Å². The van der Waals surface area contributed by atoms with Crippen molar-refractivity contribution in [3.63, 3.8) is 0 Å². The highest BCUT2D eigenvalue weighted by molar-refractivity contribution is 7.20. The summed E-state index contributed by atoms with van der Waals surface area (Å²) in [7, 11) is 1.62. The van der Waals surface area contributed by atoms with Crippen LogP contribution in [0, 0.1) is 6.92 Å². The number of nitrogens with zero attached hydrogens (tertiary/aromatic N) is 2. The molecule has 0 aliphatic heterocycles. The van der Waals surface area contributed by atoms with Gasteiger partial charge in [-0.25, -0.2) is 9.78 Å². The number of benzene rings is 1. The Balaban J connectivity index is 1.74. The fourth-order valence-corrected chi connectivity index (χ4v) is 3.76. The van der Waals surface area contributed by atoms with Crippen molar-refractivity contribution in [1.82, 2.24) is 19.5 Å². The lowest BCUT2D eigenvalue weighted by molar-refractivity contribution is 0.103. The average Bonchev–Trinajstić information content (AvgIpc) is 3.10. The SMILES string of the molecule is Cc1c(C(=O)Nc2ccc3[nH]c(=O)[nH]c3c2)sc2ncn(C)c(=O)c12. The van der Waals surface area contributed by atoms with Crippen LogP contribution in [0.3, 0.4) is 0 Å². The van der Waals surface area contributed by atoms with Gasteiger partial charge < -0.3 is 19.9 Å². The molecular formula is C16H13N5O3S. The van der Waals surface area contributed by atoms with Crippen molar-refractivity contribution in [2.75, 3.05) is 5.32 Å². The number of carbonyl (C=O) groups is 1. The number of hydrogen-bond donors (Lipinski definition) is 3. The van der Waals surface area contributed by atoms with Gasteiger partial charge in [0.05, 0.1) is 27.6 Å². The van der Waals surface area contributed by atoms with E-state index in [1.807, 2.05) is 0 Å². The predicted molar refractivity (Wildman–Crippen MR) is 96.5 cm³/mol. The largest absolute Gasteiger partial charge is 0.323 e. The Kier molecular flexibility index (Phi) is 3.32. The third-order valence-corrected chi connectivity index (χ3v) is 5.19. The number of hydrogen-bond acceptors (Lipinski definition) is 5. The molecule has 3 heterocycles. The Morgan fingerprint density at radius 3 is 2.80 bits per heavy atom. The number of rotatable bonds is 2. The summed E-state index contributed by atoms with van der Waals surface area (Å²) in [6.45, 7) is 1.74. The lowest BCUT2D eigenvalue weighted by Gasteiger charge is -2.04. The van der Waals surface area contributed by atoms with Crippen LogP contribution in [0.15, 0.2) is 34.1 Å². The Labute approximate surface area is 144 Å². The molecule has 0 saturated heterocycles. The van der Waals surface area contributed by atoms with Crippen LogP contribution in [-0.4, -0.2) is 25.4 Å². The minimum absolute atomic E-state index is 0.177. The van der Waals surface area contributed by atoms with E-state index in [2.05, 4.69) is 20.3 Å². The highest BCUT2D eigenvalue weighted by Crippen LogP contribution is 2.27. The maximum atomic E-state index is 12.6. The van der Waals surface area contributed by atoms with Gasteiger partial charge in [0, 0.05) is 12.7 Å². The molecule has 4 rings (SSSR count). The van der Waals surface area contributed by atoms with Gasteiger partial charge in [-0.3, -0.25) is 9.59 Å². The minimum atomic E-state index is -0.320. The van der Waals surface area contributed by atoms with Gasteiger partial charge in [0.1, 0.15) is 4.83 Å². The molecule has 9 heteroatoms. The molecule has 0 unspecified atom stereocenters. The van der Waals surface area contributed by atoms with E-state index < -0.39 is 0 Å². The number of aromatic amines is 2. The summed E-state index contributed by atoms with van der Waals surface area (Å²) in [5.41, 5.74) is 1.94. The Hall–Kier alpha value is -3.20. The standard InChI is InChI=1S/C16H13N5O3S/c1-7-11-14(17-6-21(2)15(11)23)25-12(7)13(22)18-8-3-4-9-10(5-8)20-16(24)19-9/h3-6H,1-2H3,(H,18,22)(H2,19,20,24). The number of H-pyrrole nitrogens is 2. The van der Waals surface area contributed by atoms with Crippen molar-refractivity contribution < 1.29 is 4.79 Å². The first-order valence-corrected chi connectivity index (χ1v) is 8.24. The Morgan fingerprint density at radius 1 is 1.24 bits per heavy atom. The number of fused-ring (bicyclic) bond motifs is 2. The van der Waals surface area contributed by atoms with E-state index >= 15 is 0 Å². The molecule has 1 amide bonds. The summed E-state index contributed by atoms with van der Waals surface area (Å²) in [4.78, 5) is 46.7. The summed E-state index contributed by atoms with van der Waals surface area (Å²) < 4.78 is 1.39. The molecule has 0 spiro atoms. The number of imidazole rings is 1. The third kappa shape index (κ3) is 2.45. The highest BCUT2D eigenvalue weighted by atomic mass is 32.1. The fraction of sp³-hybridized carbons (Fsp3) is 0.125. The summed E-state index contributed by atoms with van der Waals surface area (Å²) in [6, 6.07) is 5.08. The van der Waals surface area contributed by atoms with Gasteiger partial charge >= 0.3 is 5.69 Å². The maximum absolute atomic E-state index is 12.6. The van der Waals surface area contributed by atoms with Gasteiger partial charge in [-0.1, -0.05) is 0 Å². The van der Waals surface area contributed by atoms with Crippen LogP contribution in [0.4, 0.5) is 5.69 Å². The normalized spacial score (nSPS) is 11.3. The van der Waals surface area contributed by atoms with Crippen LogP contribution in [0.25, 0.3) is 21.3 Å². The van der Waals surface area contributed by atoms with Gasteiger partial charge in [0.25, 0.3) is 11.5 Å². The van der Waals surface area contributed by atoms with E-state index in [4.69, 9.17) is 0 Å². The molecule has 0 radical (unpaired) electrons. The number of nitrogens with one attached hydrogen (secondary N) is 3. The second kappa shape index (κ2) is 5.42. The van der Waals surface area contributed by atoms with Gasteiger partial charge in [-0.05, 0) is 30.7 Å². The van der Waals surface area contributed by atoms with Crippen LogP contribution < -0.4 is 16.6 Å². The molecule has 0 saturated carbocycles. The molecule has 0 aliphatic carbocycles. The molecule has 0 fully saturated rings. The summed E-state index contributed by atoms with van der Waals surface area (Å²) in [5.74, 6) is -0.320. The lowest BCUT2D eigenvalue weighted by Crippen LogP contribution is -2.17. The monoisotopic (exact) mass is 355 g/mol. The molecule has 4 aromatic rings. The zero-order valence-corrected chi connectivity index (χ0v) is 14.2. The summed E-state index contributed by atoms with van der Waals surface area (Å²) in [6.07, 6.45) is 1.44. The summed E-state index contributed by atoms with van der Waals surface area (Å²) in [5, 5.41) is 3.26.